The molecule has 6 nitrogen and oxygen atoms in total. The second kappa shape index (κ2) is 11.7. The van der Waals surface area contributed by atoms with Crippen molar-refractivity contribution in [1.29, 1.82) is 0 Å². The van der Waals surface area contributed by atoms with Crippen LogP contribution in [-0.2, 0) is 9.59 Å². The van der Waals surface area contributed by atoms with Gasteiger partial charge in [-0.3, -0.25) is 9.59 Å². The molecule has 0 unspecified atom stereocenters. The Morgan fingerprint density at radius 1 is 0.667 bits per heavy atom. The topological polar surface area (TPSA) is 82.9 Å². The molecule has 2 amide bonds. The number of nitrogens with zero attached hydrogens (tertiary/aromatic N) is 2. The van der Waals surface area contributed by atoms with E-state index in [0.717, 1.165) is 22.6 Å². The summed E-state index contributed by atoms with van der Waals surface area (Å²) in [7, 11) is 0. The summed E-state index contributed by atoms with van der Waals surface area (Å²) < 4.78 is 0. The van der Waals surface area contributed by atoms with Gasteiger partial charge in [0.2, 0.25) is 11.8 Å². The van der Waals surface area contributed by atoms with Crippen LogP contribution in [0.3, 0.4) is 0 Å². The van der Waals surface area contributed by atoms with Crippen LogP contribution in [0.15, 0.2) is 70.9 Å². The molecule has 158 valence electrons. The molecule has 0 aromatic heterocycles. The maximum Gasteiger partial charge on any atom is 0.240 e. The number of amides is 2. The Balaban J connectivity index is 1.90. The standard InChI is InChI=1S/C24H30N4O2/c1-17(2)23(19-11-7-5-8-12-19)27-25-21(29)15-16-22(30)26-28-24(18(3)4)20-13-9-6-10-14-20/h5-14,17-18H,15-16H2,1-4H3,(H,25,29)(H,26,30)/b27-23+,28-24+. The van der Waals surface area contributed by atoms with Gasteiger partial charge in [-0.1, -0.05) is 88.4 Å². The van der Waals surface area contributed by atoms with Crippen LogP contribution in [0.5, 0.6) is 0 Å². The molecule has 0 bridgehead atoms. The van der Waals surface area contributed by atoms with Crippen LogP contribution in [0.2, 0.25) is 0 Å². The van der Waals surface area contributed by atoms with Crippen molar-refractivity contribution < 1.29 is 9.59 Å². The first-order valence-electron chi connectivity index (χ1n) is 10.2. The van der Waals surface area contributed by atoms with Crippen molar-refractivity contribution in [2.75, 3.05) is 0 Å². The van der Waals surface area contributed by atoms with E-state index >= 15 is 0 Å². The maximum atomic E-state index is 12.1. The molecule has 0 spiro atoms. The summed E-state index contributed by atoms with van der Waals surface area (Å²) in [6, 6.07) is 19.4. The van der Waals surface area contributed by atoms with E-state index in [1.807, 2.05) is 88.4 Å². The lowest BCUT2D eigenvalue weighted by Gasteiger charge is -2.11. The summed E-state index contributed by atoms with van der Waals surface area (Å²) in [4.78, 5) is 24.3. The van der Waals surface area contributed by atoms with Crippen molar-refractivity contribution in [3.8, 4) is 0 Å². The molecule has 0 heterocycles. The van der Waals surface area contributed by atoms with Crippen LogP contribution in [0.1, 0.15) is 51.7 Å². The van der Waals surface area contributed by atoms with E-state index in [2.05, 4.69) is 21.1 Å². The highest BCUT2D eigenvalue weighted by molar-refractivity contribution is 6.03. The third-order valence-corrected chi connectivity index (χ3v) is 4.41. The predicted octanol–water partition coefficient (Wildman–Crippen LogP) is 4.12. The van der Waals surface area contributed by atoms with Gasteiger partial charge in [-0.2, -0.15) is 10.2 Å². The highest BCUT2D eigenvalue weighted by Crippen LogP contribution is 2.10. The van der Waals surface area contributed by atoms with Gasteiger partial charge >= 0.3 is 0 Å². The average Bonchev–Trinajstić information content (AvgIpc) is 2.73. The molecule has 0 aliphatic heterocycles. The first kappa shape index (κ1) is 23.0. The monoisotopic (exact) mass is 406 g/mol. The molecule has 2 rings (SSSR count). The third-order valence-electron chi connectivity index (χ3n) is 4.41. The Hall–Kier alpha value is -3.28. The van der Waals surface area contributed by atoms with Gasteiger partial charge in [-0.05, 0) is 23.0 Å². The number of rotatable bonds is 9. The summed E-state index contributed by atoms with van der Waals surface area (Å²) in [5, 5.41) is 8.53. The Kier molecular flexibility index (Phi) is 8.94. The maximum absolute atomic E-state index is 12.1. The highest BCUT2D eigenvalue weighted by atomic mass is 16.2. The molecular weight excluding hydrogens is 376 g/mol. The molecule has 0 aliphatic rings. The van der Waals surface area contributed by atoms with Crippen LogP contribution < -0.4 is 10.9 Å². The number of hydrogen-bond acceptors (Lipinski definition) is 4. The summed E-state index contributed by atoms with van der Waals surface area (Å²) in [5.74, 6) is -0.318. The fourth-order valence-corrected chi connectivity index (χ4v) is 2.86. The molecule has 2 N–H and O–H groups in total. The van der Waals surface area contributed by atoms with Gasteiger partial charge in [0.1, 0.15) is 0 Å². The Labute approximate surface area is 178 Å². The van der Waals surface area contributed by atoms with Crippen molar-refractivity contribution in [3.05, 3.63) is 71.8 Å². The van der Waals surface area contributed by atoms with Gasteiger partial charge < -0.3 is 0 Å². The van der Waals surface area contributed by atoms with Crippen molar-refractivity contribution in [3.63, 3.8) is 0 Å². The molecular formula is C24H30N4O2. The molecule has 2 aromatic rings. The lowest BCUT2D eigenvalue weighted by atomic mass is 10.0. The summed E-state index contributed by atoms with van der Waals surface area (Å²) in [6.07, 6.45) is 0.0702. The van der Waals surface area contributed by atoms with Crippen LogP contribution in [-0.4, -0.2) is 23.2 Å². The first-order valence-corrected chi connectivity index (χ1v) is 10.2. The largest absolute Gasteiger partial charge is 0.273 e. The number of nitrogens with one attached hydrogen (secondary N) is 2. The number of hydrogen-bond donors (Lipinski definition) is 2. The number of carbonyl (C=O) groups excluding carboxylic acids is 2. The minimum Gasteiger partial charge on any atom is -0.273 e. The quantitative estimate of drug-likeness (QED) is 0.485. The first-order chi connectivity index (χ1) is 14.4. The zero-order valence-electron chi connectivity index (χ0n) is 18.1. The van der Waals surface area contributed by atoms with E-state index in [1.165, 1.54) is 0 Å². The van der Waals surface area contributed by atoms with Gasteiger partial charge in [-0.15, -0.1) is 0 Å². The second-order valence-electron chi connectivity index (χ2n) is 7.61. The molecule has 0 saturated heterocycles. The molecule has 2 aromatic carbocycles. The summed E-state index contributed by atoms with van der Waals surface area (Å²) in [5.41, 5.74) is 8.63. The molecule has 0 saturated carbocycles. The minimum atomic E-state index is -0.310. The summed E-state index contributed by atoms with van der Waals surface area (Å²) >= 11 is 0. The minimum absolute atomic E-state index is 0.0351. The summed E-state index contributed by atoms with van der Waals surface area (Å²) in [6.45, 7) is 8.07. The van der Waals surface area contributed by atoms with Crippen LogP contribution >= 0.6 is 0 Å². The zero-order valence-corrected chi connectivity index (χ0v) is 18.1. The van der Waals surface area contributed by atoms with Crippen molar-refractivity contribution >= 4 is 23.2 Å². The number of hydrazone groups is 2. The smallest absolute Gasteiger partial charge is 0.240 e. The van der Waals surface area contributed by atoms with Crippen LogP contribution in [0, 0.1) is 11.8 Å². The SMILES string of the molecule is CC(C)/C(=N\NC(=O)CCC(=O)N/N=C(/c1ccccc1)C(C)C)c1ccccc1. The fourth-order valence-electron chi connectivity index (χ4n) is 2.86. The highest BCUT2D eigenvalue weighted by Gasteiger charge is 2.12. The number of benzene rings is 2. The fraction of sp³-hybridized carbons (Fsp3) is 0.333. The molecule has 6 heteroatoms. The van der Waals surface area contributed by atoms with E-state index in [0.29, 0.717) is 0 Å². The lowest BCUT2D eigenvalue weighted by molar-refractivity contribution is -0.126. The van der Waals surface area contributed by atoms with E-state index in [9.17, 15) is 9.59 Å². The van der Waals surface area contributed by atoms with Gasteiger partial charge in [0, 0.05) is 12.8 Å². The molecule has 0 radical (unpaired) electrons. The van der Waals surface area contributed by atoms with Crippen molar-refractivity contribution in [1.82, 2.24) is 10.9 Å². The predicted molar refractivity (Wildman–Crippen MR) is 121 cm³/mol. The van der Waals surface area contributed by atoms with E-state index in [1.54, 1.807) is 0 Å². The number of carbonyl (C=O) groups is 2. The van der Waals surface area contributed by atoms with E-state index in [4.69, 9.17) is 0 Å². The van der Waals surface area contributed by atoms with E-state index in [-0.39, 0.29) is 36.5 Å². The molecule has 0 fully saturated rings. The van der Waals surface area contributed by atoms with Gasteiger partial charge in [0.15, 0.2) is 0 Å². The molecule has 0 atom stereocenters. The van der Waals surface area contributed by atoms with Gasteiger partial charge in [0.05, 0.1) is 11.4 Å². The van der Waals surface area contributed by atoms with Gasteiger partial charge in [0.25, 0.3) is 0 Å². The zero-order chi connectivity index (χ0) is 21.9. The lowest BCUT2D eigenvalue weighted by Crippen LogP contribution is -2.26. The van der Waals surface area contributed by atoms with Gasteiger partial charge in [-0.25, -0.2) is 10.9 Å². The normalized spacial score (nSPS) is 12.2. The third kappa shape index (κ3) is 7.28. The Morgan fingerprint density at radius 3 is 1.30 bits per heavy atom. The van der Waals surface area contributed by atoms with Crippen LogP contribution in [0.25, 0.3) is 0 Å². The van der Waals surface area contributed by atoms with Crippen molar-refractivity contribution in [2.45, 2.75) is 40.5 Å². The Bertz CT molecular complexity index is 812. The van der Waals surface area contributed by atoms with E-state index < -0.39 is 0 Å². The van der Waals surface area contributed by atoms with Crippen LogP contribution in [0.4, 0.5) is 0 Å². The van der Waals surface area contributed by atoms with Crippen molar-refractivity contribution in [2.24, 2.45) is 22.0 Å². The Morgan fingerprint density at radius 2 is 1.00 bits per heavy atom. The second-order valence-corrected chi connectivity index (χ2v) is 7.61. The molecule has 0 aliphatic carbocycles. The average molecular weight is 407 g/mol. The molecule has 30 heavy (non-hydrogen) atoms.